The van der Waals surface area contributed by atoms with Crippen LogP contribution in [-0.2, 0) is 13.5 Å². The van der Waals surface area contributed by atoms with Crippen LogP contribution in [0.15, 0.2) is 49.1 Å². The van der Waals surface area contributed by atoms with Gasteiger partial charge in [-0.3, -0.25) is 9.48 Å². The molecule has 3 aromatic heterocycles. The number of aryl methyl sites for hydroxylation is 1. The molecular formula is C25H27N7O. The number of likely N-dealkylation sites (N-methyl/N-ethyl adjacent to an activating group) is 1. The molecule has 0 amide bonds. The lowest BCUT2D eigenvalue weighted by Gasteiger charge is -2.34. The Balaban J connectivity index is 1.39. The normalized spacial score (nSPS) is 14.7. The Morgan fingerprint density at radius 1 is 1.00 bits per heavy atom. The maximum absolute atomic E-state index is 13.2. The molecule has 1 aliphatic heterocycles. The predicted octanol–water partition coefficient (Wildman–Crippen LogP) is 2.91. The van der Waals surface area contributed by atoms with Gasteiger partial charge in [0.15, 0.2) is 5.78 Å². The molecule has 1 aromatic carbocycles. The summed E-state index contributed by atoms with van der Waals surface area (Å²) in [6.07, 6.45) is 7.47. The highest BCUT2D eigenvalue weighted by Gasteiger charge is 2.21. The molecule has 0 N–H and O–H groups in total. The Morgan fingerprint density at radius 3 is 2.58 bits per heavy atom. The summed E-state index contributed by atoms with van der Waals surface area (Å²) in [6.45, 7) is 5.79. The third-order valence-corrected chi connectivity index (χ3v) is 6.27. The van der Waals surface area contributed by atoms with Gasteiger partial charge in [0.25, 0.3) is 0 Å². The van der Waals surface area contributed by atoms with E-state index in [0.29, 0.717) is 11.4 Å². The fourth-order valence-corrected chi connectivity index (χ4v) is 4.30. The molecule has 8 heteroatoms. The van der Waals surface area contributed by atoms with Crippen molar-refractivity contribution < 1.29 is 4.79 Å². The topological polar surface area (TPSA) is 80.0 Å². The van der Waals surface area contributed by atoms with Crippen molar-refractivity contribution in [2.75, 3.05) is 38.1 Å². The van der Waals surface area contributed by atoms with E-state index in [-0.39, 0.29) is 12.2 Å². The molecule has 1 aliphatic rings. The van der Waals surface area contributed by atoms with Crippen molar-refractivity contribution in [1.82, 2.24) is 29.6 Å². The molecule has 8 nitrogen and oxygen atoms in total. The number of pyridine rings is 1. The Labute approximate surface area is 192 Å². The summed E-state index contributed by atoms with van der Waals surface area (Å²) in [4.78, 5) is 31.5. The second-order valence-corrected chi connectivity index (χ2v) is 8.66. The number of hydrogen-bond donors (Lipinski definition) is 0. The van der Waals surface area contributed by atoms with Gasteiger partial charge in [-0.25, -0.2) is 15.0 Å². The Bertz CT molecular complexity index is 1320. The molecule has 4 aromatic rings. The first kappa shape index (κ1) is 21.2. The number of hydrogen-bond acceptors (Lipinski definition) is 7. The fraction of sp³-hybridized carbons (Fsp3) is 0.320. The average Bonchev–Trinajstić information content (AvgIpc) is 3.25. The quantitative estimate of drug-likeness (QED) is 0.441. The van der Waals surface area contributed by atoms with E-state index in [1.165, 1.54) is 0 Å². The number of fused-ring (bicyclic) bond motifs is 1. The van der Waals surface area contributed by atoms with E-state index in [2.05, 4.69) is 31.9 Å². The second kappa shape index (κ2) is 8.71. The second-order valence-electron chi connectivity index (χ2n) is 8.66. The number of ketones is 1. The number of anilines is 1. The van der Waals surface area contributed by atoms with Crippen molar-refractivity contribution in [3.63, 3.8) is 0 Å². The Hall–Kier alpha value is -3.65. The fourth-order valence-electron chi connectivity index (χ4n) is 4.30. The summed E-state index contributed by atoms with van der Waals surface area (Å²) < 4.78 is 1.77. The van der Waals surface area contributed by atoms with Crippen molar-refractivity contribution in [2.24, 2.45) is 7.05 Å². The summed E-state index contributed by atoms with van der Waals surface area (Å²) in [6, 6.07) is 7.86. The molecule has 0 spiro atoms. The largest absolute Gasteiger partial charge is 0.354 e. The minimum absolute atomic E-state index is 0.00745. The van der Waals surface area contributed by atoms with Gasteiger partial charge in [0.05, 0.1) is 18.1 Å². The SMILES string of the molecule is Cc1c(C(=O)Cc2ncc3ccc(-c4cnn(C)c4)cc3n2)ccnc1N1CCN(C)CC1. The monoisotopic (exact) mass is 441 g/mol. The van der Waals surface area contributed by atoms with Gasteiger partial charge in [0, 0.05) is 73.9 Å². The number of piperazine rings is 1. The Morgan fingerprint density at radius 2 is 1.82 bits per heavy atom. The number of carbonyl (C=O) groups excluding carboxylic acids is 1. The molecule has 4 heterocycles. The van der Waals surface area contributed by atoms with Crippen LogP contribution in [0, 0.1) is 6.92 Å². The molecule has 0 unspecified atom stereocenters. The summed E-state index contributed by atoms with van der Waals surface area (Å²) in [5, 5.41) is 5.19. The first-order chi connectivity index (χ1) is 16.0. The van der Waals surface area contributed by atoms with Gasteiger partial charge in [0.2, 0.25) is 0 Å². The van der Waals surface area contributed by atoms with Crippen LogP contribution in [0.1, 0.15) is 21.7 Å². The number of Topliss-reactive ketones (excluding diaryl/α,β-unsaturated/α-hetero) is 1. The van der Waals surface area contributed by atoms with Crippen molar-refractivity contribution in [3.05, 3.63) is 66.0 Å². The first-order valence-electron chi connectivity index (χ1n) is 11.1. The lowest BCUT2D eigenvalue weighted by Crippen LogP contribution is -2.45. The van der Waals surface area contributed by atoms with Gasteiger partial charge >= 0.3 is 0 Å². The average molecular weight is 442 g/mol. The molecule has 5 rings (SSSR count). The van der Waals surface area contributed by atoms with Crippen molar-refractivity contribution >= 4 is 22.5 Å². The maximum Gasteiger partial charge on any atom is 0.170 e. The molecule has 0 saturated carbocycles. The zero-order valence-corrected chi connectivity index (χ0v) is 19.2. The highest BCUT2D eigenvalue weighted by molar-refractivity contribution is 5.99. The highest BCUT2D eigenvalue weighted by atomic mass is 16.1. The third-order valence-electron chi connectivity index (χ3n) is 6.27. The van der Waals surface area contributed by atoms with E-state index in [4.69, 9.17) is 4.98 Å². The number of carbonyl (C=O) groups is 1. The lowest BCUT2D eigenvalue weighted by atomic mass is 10.0. The lowest BCUT2D eigenvalue weighted by molar-refractivity contribution is 0.0990. The summed E-state index contributed by atoms with van der Waals surface area (Å²) in [5.41, 5.74) is 4.49. The van der Waals surface area contributed by atoms with E-state index >= 15 is 0 Å². The first-order valence-corrected chi connectivity index (χ1v) is 11.1. The predicted molar refractivity (Wildman–Crippen MR) is 128 cm³/mol. The number of benzene rings is 1. The molecule has 0 aliphatic carbocycles. The van der Waals surface area contributed by atoms with Gasteiger partial charge < -0.3 is 9.80 Å². The van der Waals surface area contributed by atoms with Crippen LogP contribution in [-0.4, -0.2) is 68.6 Å². The standard InChI is InChI=1S/C25H27N7O/c1-17-21(6-7-26-25(17)32-10-8-30(2)9-11-32)23(33)13-24-27-14-19-5-4-18(12-22(19)29-24)20-15-28-31(3)16-20/h4-7,12,14-16H,8-11,13H2,1-3H3. The van der Waals surface area contributed by atoms with E-state index in [0.717, 1.165) is 59.6 Å². The number of rotatable bonds is 5. The smallest absolute Gasteiger partial charge is 0.170 e. The molecule has 33 heavy (non-hydrogen) atoms. The number of nitrogens with zero attached hydrogens (tertiary/aromatic N) is 7. The van der Waals surface area contributed by atoms with Crippen LogP contribution in [0.25, 0.3) is 22.0 Å². The van der Waals surface area contributed by atoms with Crippen LogP contribution < -0.4 is 4.90 Å². The van der Waals surface area contributed by atoms with Crippen molar-refractivity contribution in [3.8, 4) is 11.1 Å². The summed E-state index contributed by atoms with van der Waals surface area (Å²) in [7, 11) is 4.02. The van der Waals surface area contributed by atoms with Gasteiger partial charge in [0.1, 0.15) is 11.6 Å². The minimum atomic E-state index is 0.00745. The highest BCUT2D eigenvalue weighted by Crippen LogP contribution is 2.24. The summed E-state index contributed by atoms with van der Waals surface area (Å²) in [5.74, 6) is 1.43. The van der Waals surface area contributed by atoms with E-state index < -0.39 is 0 Å². The van der Waals surface area contributed by atoms with E-state index in [1.807, 2.05) is 44.6 Å². The van der Waals surface area contributed by atoms with Crippen LogP contribution in [0.4, 0.5) is 5.82 Å². The van der Waals surface area contributed by atoms with Gasteiger partial charge in [-0.1, -0.05) is 12.1 Å². The van der Waals surface area contributed by atoms with Gasteiger partial charge in [-0.15, -0.1) is 0 Å². The van der Waals surface area contributed by atoms with Crippen LogP contribution in [0.5, 0.6) is 0 Å². The maximum atomic E-state index is 13.2. The molecule has 1 fully saturated rings. The van der Waals surface area contributed by atoms with E-state index in [9.17, 15) is 4.79 Å². The minimum Gasteiger partial charge on any atom is -0.354 e. The molecule has 0 bridgehead atoms. The molecule has 168 valence electrons. The zero-order chi connectivity index (χ0) is 22.9. The molecule has 0 atom stereocenters. The van der Waals surface area contributed by atoms with Crippen LogP contribution >= 0.6 is 0 Å². The summed E-state index contributed by atoms with van der Waals surface area (Å²) >= 11 is 0. The van der Waals surface area contributed by atoms with Crippen LogP contribution in [0.3, 0.4) is 0 Å². The van der Waals surface area contributed by atoms with Gasteiger partial charge in [-0.05, 0) is 31.7 Å². The van der Waals surface area contributed by atoms with Crippen molar-refractivity contribution in [2.45, 2.75) is 13.3 Å². The van der Waals surface area contributed by atoms with E-state index in [1.54, 1.807) is 23.1 Å². The van der Waals surface area contributed by atoms with Crippen molar-refractivity contribution in [1.29, 1.82) is 0 Å². The number of aromatic nitrogens is 5. The molecular weight excluding hydrogens is 414 g/mol. The zero-order valence-electron chi connectivity index (χ0n) is 19.2. The van der Waals surface area contributed by atoms with Crippen LogP contribution in [0.2, 0.25) is 0 Å². The molecule has 1 saturated heterocycles. The van der Waals surface area contributed by atoms with Gasteiger partial charge in [-0.2, -0.15) is 5.10 Å². The third kappa shape index (κ3) is 4.34. The Kier molecular flexibility index (Phi) is 5.60. The molecule has 0 radical (unpaired) electrons.